The maximum atomic E-state index is 12.4. The van der Waals surface area contributed by atoms with E-state index in [1.54, 1.807) is 0 Å². The molecule has 0 heterocycles. The van der Waals surface area contributed by atoms with Crippen molar-refractivity contribution >= 4 is 11.6 Å². The second-order valence-electron chi connectivity index (χ2n) is 1.93. The van der Waals surface area contributed by atoms with E-state index in [1.807, 2.05) is 6.92 Å². The van der Waals surface area contributed by atoms with E-state index in [4.69, 9.17) is 16.3 Å². The van der Waals surface area contributed by atoms with Crippen molar-refractivity contribution in [1.29, 1.82) is 0 Å². The first kappa shape index (κ1) is 11.8. The Morgan fingerprint density at radius 1 is 1.67 bits per heavy atom. The van der Waals surface area contributed by atoms with Crippen LogP contribution >= 0.6 is 11.6 Å². The largest absolute Gasteiger partial charge is 1.00 e. The molecular weight excluding hydrogens is 173 g/mol. The number of hydrogen-bond donors (Lipinski definition) is 0. The topological polar surface area (TPSA) is 9.23 Å². The molecular formula is C8H7ClFLiO. The minimum atomic E-state index is -0.404. The average molecular weight is 181 g/mol. The molecule has 1 aromatic rings. The van der Waals surface area contributed by atoms with E-state index in [0.717, 1.165) is 0 Å². The van der Waals surface area contributed by atoms with Gasteiger partial charge in [0.25, 0.3) is 0 Å². The Kier molecular flexibility index (Phi) is 5.40. The van der Waals surface area contributed by atoms with Gasteiger partial charge >= 0.3 is 18.9 Å². The zero-order valence-electron chi connectivity index (χ0n) is 7.03. The summed E-state index contributed by atoms with van der Waals surface area (Å²) in [6.07, 6.45) is 0. The predicted octanol–water partition coefficient (Wildman–Crippen LogP) is -0.318. The zero-order valence-corrected chi connectivity index (χ0v) is 7.78. The molecule has 0 bridgehead atoms. The molecule has 0 aliphatic rings. The quantitative estimate of drug-likeness (QED) is 0.448. The Balaban J connectivity index is 0.00000121. The van der Waals surface area contributed by atoms with E-state index < -0.39 is 5.82 Å². The molecule has 4 heteroatoms. The zero-order chi connectivity index (χ0) is 8.27. The van der Waals surface area contributed by atoms with Crippen LogP contribution in [0.2, 0.25) is 5.02 Å². The molecule has 0 saturated heterocycles. The second kappa shape index (κ2) is 5.48. The smallest absolute Gasteiger partial charge is 0.518 e. The third kappa shape index (κ3) is 3.06. The summed E-state index contributed by atoms with van der Waals surface area (Å²) in [5, 5.41) is 0.256. The number of halogens is 2. The van der Waals surface area contributed by atoms with E-state index in [9.17, 15) is 4.39 Å². The van der Waals surface area contributed by atoms with Gasteiger partial charge in [0.15, 0.2) is 0 Å². The number of hydrogen-bond acceptors (Lipinski definition) is 1. The molecule has 1 aromatic carbocycles. The molecule has 0 saturated carbocycles. The fourth-order valence-corrected chi connectivity index (χ4v) is 0.900. The van der Waals surface area contributed by atoms with Crippen molar-refractivity contribution in [2.45, 2.75) is 6.92 Å². The van der Waals surface area contributed by atoms with Crippen LogP contribution in [0.3, 0.4) is 0 Å². The van der Waals surface area contributed by atoms with E-state index in [1.165, 1.54) is 12.1 Å². The second-order valence-corrected chi connectivity index (χ2v) is 2.34. The van der Waals surface area contributed by atoms with Gasteiger partial charge in [-0.2, -0.15) is 11.6 Å². The van der Waals surface area contributed by atoms with Crippen molar-refractivity contribution < 1.29 is 28.0 Å². The Hall–Kier alpha value is -0.163. The molecule has 0 spiro atoms. The first-order valence-electron chi connectivity index (χ1n) is 3.23. The van der Waals surface area contributed by atoms with Gasteiger partial charge in [-0.15, -0.1) is 18.2 Å². The van der Waals surface area contributed by atoms with Crippen molar-refractivity contribution in [3.63, 3.8) is 0 Å². The van der Waals surface area contributed by atoms with Gasteiger partial charge in [0.1, 0.15) is 0 Å². The van der Waals surface area contributed by atoms with Gasteiger partial charge in [-0.25, -0.2) is 0 Å². The number of rotatable bonds is 2. The molecule has 0 unspecified atom stereocenters. The maximum absolute atomic E-state index is 12.4. The normalized spacial score (nSPS) is 8.92. The number of benzene rings is 1. The summed E-state index contributed by atoms with van der Waals surface area (Å²) in [5.74, 6) is -0.00554. The van der Waals surface area contributed by atoms with Gasteiger partial charge in [0.05, 0.1) is 6.61 Å². The van der Waals surface area contributed by atoms with Crippen LogP contribution in [0.25, 0.3) is 0 Å². The first-order chi connectivity index (χ1) is 5.24. The fourth-order valence-electron chi connectivity index (χ4n) is 0.687. The summed E-state index contributed by atoms with van der Waals surface area (Å²) in [7, 11) is 0. The van der Waals surface area contributed by atoms with Gasteiger partial charge in [0, 0.05) is 11.6 Å². The van der Waals surface area contributed by atoms with Crippen LogP contribution in [-0.2, 0) is 0 Å². The summed E-state index contributed by atoms with van der Waals surface area (Å²) in [5.41, 5.74) is 0. The molecule has 0 aromatic heterocycles. The van der Waals surface area contributed by atoms with E-state index in [2.05, 4.69) is 6.07 Å². The van der Waals surface area contributed by atoms with Crippen molar-refractivity contribution in [1.82, 2.24) is 0 Å². The SMILES string of the molecule is CCOc1[c-]cc(F)cc1Cl.[Li+]. The molecule has 1 rings (SSSR count). The van der Waals surface area contributed by atoms with Gasteiger partial charge in [-0.1, -0.05) is 0 Å². The molecule has 0 aliphatic carbocycles. The standard InChI is InChI=1S/C8H7ClFO.Li/c1-2-11-8-4-3-6(10)5-7(8)9;/h3,5H,2H2,1H3;/q-1;+1. The Morgan fingerprint density at radius 3 is 2.83 bits per heavy atom. The van der Waals surface area contributed by atoms with Crippen LogP contribution in [0.15, 0.2) is 12.1 Å². The van der Waals surface area contributed by atoms with Gasteiger partial charge in [0.2, 0.25) is 0 Å². The maximum Gasteiger partial charge on any atom is 1.00 e. The van der Waals surface area contributed by atoms with Crippen LogP contribution in [-0.4, -0.2) is 6.61 Å². The minimum Gasteiger partial charge on any atom is -0.518 e. The molecule has 1 nitrogen and oxygen atoms in total. The van der Waals surface area contributed by atoms with Crippen LogP contribution in [0.4, 0.5) is 4.39 Å². The molecule has 60 valence electrons. The monoisotopic (exact) mass is 180 g/mol. The van der Waals surface area contributed by atoms with Crippen LogP contribution in [0, 0.1) is 11.9 Å². The molecule has 0 radical (unpaired) electrons. The van der Waals surface area contributed by atoms with E-state index >= 15 is 0 Å². The van der Waals surface area contributed by atoms with Crippen molar-refractivity contribution in [3.8, 4) is 5.75 Å². The summed E-state index contributed by atoms with van der Waals surface area (Å²) in [6.45, 7) is 2.33. The first-order valence-corrected chi connectivity index (χ1v) is 3.61. The van der Waals surface area contributed by atoms with Crippen molar-refractivity contribution in [3.05, 3.63) is 29.0 Å². The fraction of sp³-hybridized carbons (Fsp3) is 0.250. The van der Waals surface area contributed by atoms with Gasteiger partial charge < -0.3 is 4.74 Å². The molecule has 0 atom stereocenters. The Morgan fingerprint density at radius 2 is 2.33 bits per heavy atom. The average Bonchev–Trinajstić information content (AvgIpc) is 1.95. The molecule has 12 heavy (non-hydrogen) atoms. The summed E-state index contributed by atoms with van der Waals surface area (Å²) in [6, 6.07) is 4.97. The molecule has 0 N–H and O–H groups in total. The van der Waals surface area contributed by atoms with Crippen LogP contribution in [0.1, 0.15) is 6.92 Å². The summed E-state index contributed by atoms with van der Waals surface area (Å²) >= 11 is 5.61. The molecule has 0 fully saturated rings. The predicted molar refractivity (Wildman–Crippen MR) is 41.4 cm³/mol. The Bertz CT molecular complexity index is 255. The minimum absolute atomic E-state index is 0. The van der Waals surface area contributed by atoms with Crippen molar-refractivity contribution in [2.75, 3.05) is 6.61 Å². The van der Waals surface area contributed by atoms with E-state index in [0.29, 0.717) is 12.4 Å². The summed E-state index contributed by atoms with van der Waals surface area (Å²) in [4.78, 5) is 0. The van der Waals surface area contributed by atoms with Gasteiger partial charge in [-0.05, 0) is 11.9 Å². The molecule has 0 aliphatic heterocycles. The number of ether oxygens (including phenoxy) is 1. The van der Waals surface area contributed by atoms with E-state index in [-0.39, 0.29) is 23.9 Å². The Labute approximate surface area is 88.0 Å². The molecule has 0 amide bonds. The third-order valence-corrected chi connectivity index (χ3v) is 1.39. The summed E-state index contributed by atoms with van der Waals surface area (Å²) < 4.78 is 17.5. The van der Waals surface area contributed by atoms with Crippen molar-refractivity contribution in [2.24, 2.45) is 0 Å². The third-order valence-electron chi connectivity index (χ3n) is 1.11. The van der Waals surface area contributed by atoms with Crippen LogP contribution in [0.5, 0.6) is 5.75 Å². The van der Waals surface area contributed by atoms with Crippen LogP contribution < -0.4 is 23.6 Å². The van der Waals surface area contributed by atoms with Gasteiger partial charge in [-0.3, -0.25) is 4.39 Å².